The van der Waals surface area contributed by atoms with Crippen molar-refractivity contribution in [1.82, 2.24) is 5.32 Å². The zero-order valence-electron chi connectivity index (χ0n) is 25.7. The van der Waals surface area contributed by atoms with E-state index in [1.54, 1.807) is 92.0 Å². The van der Waals surface area contributed by atoms with Gasteiger partial charge in [0, 0.05) is 34.0 Å². The first-order valence-corrected chi connectivity index (χ1v) is 15.6. The maximum Gasteiger partial charge on any atom is 0.272 e. The van der Waals surface area contributed by atoms with E-state index in [1.807, 2.05) is 30.3 Å². The van der Waals surface area contributed by atoms with Gasteiger partial charge >= 0.3 is 0 Å². The number of non-ortho nitro benzene ring substituents is 1. The van der Waals surface area contributed by atoms with E-state index in [0.29, 0.717) is 28.3 Å². The van der Waals surface area contributed by atoms with Crippen LogP contribution in [0.5, 0.6) is 5.75 Å². The lowest BCUT2D eigenvalue weighted by atomic mass is 10.1. The van der Waals surface area contributed by atoms with Crippen LogP contribution in [0.3, 0.4) is 0 Å². The summed E-state index contributed by atoms with van der Waals surface area (Å²) in [5.74, 6) is -0.612. The number of hydrogen-bond donors (Lipinski definition) is 3. The summed E-state index contributed by atoms with van der Waals surface area (Å²) < 4.78 is 5.22. The summed E-state index contributed by atoms with van der Waals surface area (Å²) in [6, 6.07) is 37.5. The van der Waals surface area contributed by atoms with Crippen LogP contribution in [0.1, 0.15) is 26.7 Å². The molecule has 3 amide bonds. The lowest BCUT2D eigenvalue weighted by molar-refractivity contribution is -0.384. The fourth-order valence-electron chi connectivity index (χ4n) is 4.54. The van der Waals surface area contributed by atoms with Crippen LogP contribution in [0.15, 0.2) is 144 Å². The summed E-state index contributed by atoms with van der Waals surface area (Å²) in [5.41, 5.74) is 2.73. The predicted octanol–water partition coefficient (Wildman–Crippen LogP) is 7.49. The number of nitro groups is 1. The van der Waals surface area contributed by atoms with Gasteiger partial charge in [-0.25, -0.2) is 0 Å². The standard InChI is InChI=1S/C37H30N4O6S/c1-47-31-20-12-25(13-21-31)24-33(40-35(42)27-10-6-3-7-11-27)36(43)38-29-16-22-32(23-17-29)48-34(26-8-4-2-5-9-26)37(44)39-28-14-18-30(19-15-28)41(45)46/h2-24,34H,1H3,(H,38,43)(H,39,44)(H,40,42)/b33-24-. The highest BCUT2D eigenvalue weighted by molar-refractivity contribution is 8.00. The van der Waals surface area contributed by atoms with Gasteiger partial charge in [-0.15, -0.1) is 11.8 Å². The van der Waals surface area contributed by atoms with E-state index in [0.717, 1.165) is 10.5 Å². The second kappa shape index (κ2) is 15.9. The van der Waals surface area contributed by atoms with E-state index in [-0.39, 0.29) is 17.3 Å². The Kier molecular flexibility index (Phi) is 11.0. The number of nitro benzene ring substituents is 1. The molecule has 0 radical (unpaired) electrons. The van der Waals surface area contributed by atoms with Crippen LogP contribution in [0, 0.1) is 10.1 Å². The summed E-state index contributed by atoms with van der Waals surface area (Å²) in [4.78, 5) is 51.1. The van der Waals surface area contributed by atoms with Gasteiger partial charge in [0.15, 0.2) is 0 Å². The van der Waals surface area contributed by atoms with Crippen molar-refractivity contribution in [3.63, 3.8) is 0 Å². The minimum absolute atomic E-state index is 0.0412. The molecule has 3 N–H and O–H groups in total. The van der Waals surface area contributed by atoms with Gasteiger partial charge in [0.1, 0.15) is 16.7 Å². The molecule has 0 fully saturated rings. The number of anilines is 2. The molecule has 0 spiro atoms. The minimum Gasteiger partial charge on any atom is -0.497 e. The molecule has 1 atom stereocenters. The van der Waals surface area contributed by atoms with Crippen molar-refractivity contribution in [2.75, 3.05) is 17.7 Å². The highest BCUT2D eigenvalue weighted by atomic mass is 32.2. The van der Waals surface area contributed by atoms with Crippen LogP contribution in [-0.4, -0.2) is 29.8 Å². The topological polar surface area (TPSA) is 140 Å². The predicted molar refractivity (Wildman–Crippen MR) is 187 cm³/mol. The maximum atomic E-state index is 13.5. The number of amides is 3. The quantitative estimate of drug-likeness (QED) is 0.0546. The molecular weight excluding hydrogens is 628 g/mol. The molecule has 48 heavy (non-hydrogen) atoms. The molecule has 1 unspecified atom stereocenters. The number of thioether (sulfide) groups is 1. The lowest BCUT2D eigenvalue weighted by Gasteiger charge is -2.17. The number of carbonyl (C=O) groups excluding carboxylic acids is 3. The molecule has 0 aliphatic heterocycles. The Morgan fingerprint density at radius 1 is 0.750 bits per heavy atom. The van der Waals surface area contributed by atoms with E-state index >= 15 is 0 Å². The van der Waals surface area contributed by atoms with Crippen LogP contribution in [0.25, 0.3) is 6.08 Å². The number of hydrogen-bond acceptors (Lipinski definition) is 7. The third kappa shape index (κ3) is 8.95. The molecule has 240 valence electrons. The number of nitrogens with one attached hydrogen (secondary N) is 3. The molecule has 0 aliphatic rings. The van der Waals surface area contributed by atoms with Gasteiger partial charge in [-0.2, -0.15) is 0 Å². The molecule has 5 aromatic rings. The number of carbonyl (C=O) groups is 3. The number of rotatable bonds is 12. The van der Waals surface area contributed by atoms with E-state index in [1.165, 1.54) is 36.0 Å². The Hall–Kier alpha value is -6.20. The molecule has 0 heterocycles. The summed E-state index contributed by atoms with van der Waals surface area (Å²) in [5, 5.41) is 18.8. The summed E-state index contributed by atoms with van der Waals surface area (Å²) in [7, 11) is 1.56. The second-order valence-electron chi connectivity index (χ2n) is 10.3. The van der Waals surface area contributed by atoms with Gasteiger partial charge in [-0.1, -0.05) is 60.7 Å². The fourth-order valence-corrected chi connectivity index (χ4v) is 5.56. The fraction of sp³-hybridized carbons (Fsp3) is 0.0541. The molecule has 0 bridgehead atoms. The normalized spacial score (nSPS) is 11.6. The minimum atomic E-state index is -0.644. The van der Waals surface area contributed by atoms with E-state index in [9.17, 15) is 24.5 Å². The van der Waals surface area contributed by atoms with Crippen molar-refractivity contribution in [3.8, 4) is 5.75 Å². The van der Waals surface area contributed by atoms with Gasteiger partial charge in [0.05, 0.1) is 12.0 Å². The molecule has 11 heteroatoms. The van der Waals surface area contributed by atoms with Crippen molar-refractivity contribution in [1.29, 1.82) is 0 Å². The zero-order chi connectivity index (χ0) is 33.9. The lowest BCUT2D eigenvalue weighted by Crippen LogP contribution is -2.30. The van der Waals surface area contributed by atoms with Gasteiger partial charge in [0.2, 0.25) is 5.91 Å². The first kappa shape index (κ1) is 33.2. The van der Waals surface area contributed by atoms with Crippen molar-refractivity contribution in [2.45, 2.75) is 10.1 Å². The van der Waals surface area contributed by atoms with E-state index < -0.39 is 22.0 Å². The van der Waals surface area contributed by atoms with Gasteiger partial charge < -0.3 is 20.7 Å². The number of methoxy groups -OCH3 is 1. The Bertz CT molecular complexity index is 1920. The van der Waals surface area contributed by atoms with Crippen LogP contribution >= 0.6 is 11.8 Å². The average Bonchev–Trinajstić information content (AvgIpc) is 3.12. The Labute approximate surface area is 281 Å². The van der Waals surface area contributed by atoms with Gasteiger partial charge in [0.25, 0.3) is 17.5 Å². The SMILES string of the molecule is COc1ccc(/C=C(\NC(=O)c2ccccc2)C(=O)Nc2ccc(SC(C(=O)Nc3ccc([N+](=O)[O-])cc3)c3ccccc3)cc2)cc1. The number of benzene rings is 5. The number of ether oxygens (including phenoxy) is 1. The maximum absolute atomic E-state index is 13.5. The van der Waals surface area contributed by atoms with Crippen LogP contribution < -0.4 is 20.7 Å². The highest BCUT2D eigenvalue weighted by Crippen LogP contribution is 2.37. The number of nitrogens with zero attached hydrogens (tertiary/aromatic N) is 1. The Balaban J connectivity index is 1.32. The summed E-state index contributed by atoms with van der Waals surface area (Å²) >= 11 is 1.31. The third-order valence-corrected chi connectivity index (χ3v) is 8.27. The molecule has 0 aliphatic carbocycles. The van der Waals surface area contributed by atoms with Gasteiger partial charge in [-0.3, -0.25) is 24.5 Å². The highest BCUT2D eigenvalue weighted by Gasteiger charge is 2.23. The molecule has 5 rings (SSSR count). The molecule has 5 aromatic carbocycles. The third-order valence-electron chi connectivity index (χ3n) is 7.01. The monoisotopic (exact) mass is 658 g/mol. The average molecular weight is 659 g/mol. The Morgan fingerprint density at radius 2 is 1.33 bits per heavy atom. The molecule has 0 saturated carbocycles. The second-order valence-corrected chi connectivity index (χ2v) is 11.5. The summed E-state index contributed by atoms with van der Waals surface area (Å²) in [6.45, 7) is 0. The van der Waals surface area contributed by atoms with E-state index in [2.05, 4.69) is 16.0 Å². The molecular formula is C37H30N4O6S. The molecule has 10 nitrogen and oxygen atoms in total. The van der Waals surface area contributed by atoms with Crippen LogP contribution in [0.2, 0.25) is 0 Å². The summed E-state index contributed by atoms with van der Waals surface area (Å²) in [6.07, 6.45) is 1.58. The van der Waals surface area contributed by atoms with Crippen molar-refractivity contribution < 1.29 is 24.0 Å². The smallest absolute Gasteiger partial charge is 0.272 e. The first-order chi connectivity index (χ1) is 23.3. The van der Waals surface area contributed by atoms with Crippen molar-refractivity contribution in [2.24, 2.45) is 0 Å². The largest absolute Gasteiger partial charge is 0.497 e. The van der Waals surface area contributed by atoms with Crippen LogP contribution in [-0.2, 0) is 9.59 Å². The Morgan fingerprint density at radius 3 is 1.94 bits per heavy atom. The molecule has 0 saturated heterocycles. The van der Waals surface area contributed by atoms with Crippen molar-refractivity contribution >= 4 is 52.6 Å². The van der Waals surface area contributed by atoms with Crippen molar-refractivity contribution in [3.05, 3.63) is 166 Å². The van der Waals surface area contributed by atoms with E-state index in [4.69, 9.17) is 4.74 Å². The molecule has 0 aromatic heterocycles. The van der Waals surface area contributed by atoms with Crippen LogP contribution in [0.4, 0.5) is 17.1 Å². The first-order valence-electron chi connectivity index (χ1n) is 14.7. The zero-order valence-corrected chi connectivity index (χ0v) is 26.5. The van der Waals surface area contributed by atoms with Gasteiger partial charge in [-0.05, 0) is 77.9 Å².